The summed E-state index contributed by atoms with van der Waals surface area (Å²) in [4.78, 5) is 39.0. The van der Waals surface area contributed by atoms with Crippen molar-refractivity contribution < 1.29 is 24.0 Å². The highest BCUT2D eigenvalue weighted by atomic mass is 35.5. The van der Waals surface area contributed by atoms with Gasteiger partial charge in [-0.15, -0.1) is 0 Å². The van der Waals surface area contributed by atoms with Gasteiger partial charge in [0.05, 0.1) is 26.1 Å². The normalized spacial score (nSPS) is 15.7. The van der Waals surface area contributed by atoms with Gasteiger partial charge in [0.2, 0.25) is 0 Å². The van der Waals surface area contributed by atoms with E-state index in [1.165, 1.54) is 18.2 Å². The molecule has 2 aromatic carbocycles. The second kappa shape index (κ2) is 9.16. The zero-order chi connectivity index (χ0) is 24.6. The molecule has 1 aliphatic heterocycles. The number of amidine groups is 1. The van der Waals surface area contributed by atoms with Gasteiger partial charge in [-0.2, -0.15) is 0 Å². The lowest BCUT2D eigenvalue weighted by atomic mass is 10.1. The number of thioether (sulfide) groups is 1. The summed E-state index contributed by atoms with van der Waals surface area (Å²) in [6.07, 6.45) is 1.54. The molecule has 1 fully saturated rings. The standard InChI is InChI=1S/C23H16ClN3O6S/c1-11-7-14(9-18(12(11)2)27(31)32)25-23-26-21(28)20(34-23)10-15-4-6-19(33-15)13-3-5-16(22(29)30)17(24)8-13/h3-10H,1-2H3,(H,29,30)(H,25,26,28)/b20-10-. The number of nitro benzene ring substituents is 1. The van der Waals surface area contributed by atoms with Crippen LogP contribution in [-0.2, 0) is 4.79 Å². The van der Waals surface area contributed by atoms with Crippen molar-refractivity contribution in [1.29, 1.82) is 0 Å². The Morgan fingerprint density at radius 3 is 2.68 bits per heavy atom. The molecule has 0 unspecified atom stereocenters. The van der Waals surface area contributed by atoms with Crippen LogP contribution in [0.5, 0.6) is 0 Å². The lowest BCUT2D eigenvalue weighted by Gasteiger charge is -2.04. The van der Waals surface area contributed by atoms with E-state index in [0.717, 1.165) is 17.3 Å². The van der Waals surface area contributed by atoms with Crippen LogP contribution in [0, 0.1) is 24.0 Å². The first kappa shape index (κ1) is 23.3. The van der Waals surface area contributed by atoms with Crippen LogP contribution in [0.4, 0.5) is 11.4 Å². The first-order valence-corrected chi connectivity index (χ1v) is 11.0. The number of nitrogens with one attached hydrogen (secondary N) is 1. The van der Waals surface area contributed by atoms with E-state index in [1.807, 2.05) is 0 Å². The topological polar surface area (TPSA) is 135 Å². The quantitative estimate of drug-likeness (QED) is 0.261. The third-order valence-corrected chi connectivity index (χ3v) is 6.31. The van der Waals surface area contributed by atoms with E-state index in [-0.39, 0.29) is 27.3 Å². The summed E-state index contributed by atoms with van der Waals surface area (Å²) in [6.45, 7) is 3.43. The van der Waals surface area contributed by atoms with Gasteiger partial charge in [-0.25, -0.2) is 9.79 Å². The van der Waals surface area contributed by atoms with Crippen molar-refractivity contribution in [2.45, 2.75) is 13.8 Å². The second-order valence-corrected chi connectivity index (χ2v) is 8.79. The third kappa shape index (κ3) is 4.73. The SMILES string of the molecule is Cc1cc(N=C2NC(=O)/C(=C/c3ccc(-c4ccc(C(=O)O)c(Cl)c4)o3)S2)cc([N+](=O)[O-])c1C. The van der Waals surface area contributed by atoms with Crippen molar-refractivity contribution in [3.05, 3.63) is 85.0 Å². The summed E-state index contributed by atoms with van der Waals surface area (Å²) >= 11 is 7.10. The number of aromatic carboxylic acids is 1. The highest BCUT2D eigenvalue weighted by Gasteiger charge is 2.25. The molecule has 0 atom stereocenters. The molecule has 0 bridgehead atoms. The van der Waals surface area contributed by atoms with Crippen LogP contribution in [0.15, 0.2) is 56.8 Å². The lowest BCUT2D eigenvalue weighted by Crippen LogP contribution is -2.19. The van der Waals surface area contributed by atoms with E-state index >= 15 is 0 Å². The number of hydrogen-bond donors (Lipinski definition) is 2. The molecule has 2 heterocycles. The minimum absolute atomic E-state index is 0.0146. The van der Waals surface area contributed by atoms with Crippen LogP contribution in [0.2, 0.25) is 5.02 Å². The Morgan fingerprint density at radius 2 is 2.00 bits per heavy atom. The first-order valence-electron chi connectivity index (χ1n) is 9.80. The van der Waals surface area contributed by atoms with E-state index < -0.39 is 10.9 Å². The highest BCUT2D eigenvalue weighted by molar-refractivity contribution is 8.18. The van der Waals surface area contributed by atoms with Gasteiger partial charge in [-0.3, -0.25) is 14.9 Å². The van der Waals surface area contributed by atoms with Crippen LogP contribution < -0.4 is 5.32 Å². The zero-order valence-corrected chi connectivity index (χ0v) is 19.4. The Kier molecular flexibility index (Phi) is 6.27. The van der Waals surface area contributed by atoms with E-state index in [1.54, 1.807) is 44.2 Å². The number of aryl methyl sites for hydroxylation is 1. The summed E-state index contributed by atoms with van der Waals surface area (Å²) in [5, 5.41) is 23.4. The molecule has 0 aliphatic carbocycles. The maximum atomic E-state index is 12.4. The molecular formula is C23H16ClN3O6S. The van der Waals surface area contributed by atoms with E-state index in [4.69, 9.17) is 21.1 Å². The number of carboxylic acid groups (broad SMARTS) is 1. The van der Waals surface area contributed by atoms with E-state index in [2.05, 4.69) is 10.3 Å². The molecule has 11 heteroatoms. The number of amides is 1. The number of carboxylic acids is 1. The average molecular weight is 498 g/mol. The van der Waals surface area contributed by atoms with Gasteiger partial charge < -0.3 is 14.8 Å². The number of nitro groups is 1. The number of carbonyl (C=O) groups excluding carboxylic acids is 1. The smallest absolute Gasteiger partial charge is 0.337 e. The molecule has 1 aliphatic rings. The fraction of sp³-hybridized carbons (Fsp3) is 0.0870. The van der Waals surface area contributed by atoms with Crippen molar-refractivity contribution >= 4 is 57.9 Å². The van der Waals surface area contributed by atoms with Gasteiger partial charge in [0.15, 0.2) is 5.17 Å². The van der Waals surface area contributed by atoms with Crippen LogP contribution >= 0.6 is 23.4 Å². The molecule has 0 spiro atoms. The van der Waals surface area contributed by atoms with Gasteiger partial charge in [0.25, 0.3) is 11.6 Å². The Morgan fingerprint density at radius 1 is 1.24 bits per heavy atom. The first-order chi connectivity index (χ1) is 16.1. The Balaban J connectivity index is 1.57. The maximum absolute atomic E-state index is 12.4. The largest absolute Gasteiger partial charge is 0.478 e. The average Bonchev–Trinajstić information content (AvgIpc) is 3.36. The van der Waals surface area contributed by atoms with Crippen molar-refractivity contribution in [2.75, 3.05) is 0 Å². The summed E-state index contributed by atoms with van der Waals surface area (Å²) in [5.41, 5.74) is 2.18. The van der Waals surface area contributed by atoms with Gasteiger partial charge in [-0.1, -0.05) is 17.7 Å². The van der Waals surface area contributed by atoms with Gasteiger partial charge in [0, 0.05) is 23.3 Å². The van der Waals surface area contributed by atoms with Gasteiger partial charge in [-0.05, 0) is 61.5 Å². The molecule has 1 saturated heterocycles. The Labute approximate surface area is 202 Å². The zero-order valence-electron chi connectivity index (χ0n) is 17.8. The van der Waals surface area contributed by atoms with Crippen molar-refractivity contribution in [1.82, 2.24) is 5.32 Å². The predicted molar refractivity (Wildman–Crippen MR) is 129 cm³/mol. The highest BCUT2D eigenvalue weighted by Crippen LogP contribution is 2.33. The van der Waals surface area contributed by atoms with Crippen LogP contribution in [0.3, 0.4) is 0 Å². The summed E-state index contributed by atoms with van der Waals surface area (Å²) in [6, 6.07) is 10.9. The molecule has 1 amide bonds. The van der Waals surface area contributed by atoms with Crippen LogP contribution in [0.25, 0.3) is 17.4 Å². The number of nitrogens with zero attached hydrogens (tertiary/aromatic N) is 2. The number of rotatable bonds is 5. The van der Waals surface area contributed by atoms with Crippen LogP contribution in [-0.4, -0.2) is 27.1 Å². The van der Waals surface area contributed by atoms with Crippen molar-refractivity contribution in [2.24, 2.45) is 4.99 Å². The molecule has 3 aromatic rings. The number of halogens is 1. The van der Waals surface area contributed by atoms with Gasteiger partial charge >= 0.3 is 5.97 Å². The molecule has 34 heavy (non-hydrogen) atoms. The molecule has 172 valence electrons. The number of benzene rings is 2. The fourth-order valence-corrected chi connectivity index (χ4v) is 4.31. The van der Waals surface area contributed by atoms with E-state index in [9.17, 15) is 19.7 Å². The summed E-state index contributed by atoms with van der Waals surface area (Å²) in [5.74, 6) is -0.660. The molecule has 9 nitrogen and oxygen atoms in total. The second-order valence-electron chi connectivity index (χ2n) is 7.35. The monoisotopic (exact) mass is 497 g/mol. The van der Waals surface area contributed by atoms with Crippen molar-refractivity contribution in [3.8, 4) is 11.3 Å². The van der Waals surface area contributed by atoms with E-state index in [0.29, 0.717) is 33.2 Å². The number of carbonyl (C=O) groups is 2. The predicted octanol–water partition coefficient (Wildman–Crippen LogP) is 5.71. The number of aliphatic imine (C=N–C) groups is 1. The maximum Gasteiger partial charge on any atom is 0.337 e. The molecule has 2 N–H and O–H groups in total. The molecule has 0 saturated carbocycles. The van der Waals surface area contributed by atoms with Crippen molar-refractivity contribution in [3.63, 3.8) is 0 Å². The number of hydrogen-bond acceptors (Lipinski definition) is 7. The molecule has 4 rings (SSSR count). The Bertz CT molecular complexity index is 1430. The fourth-order valence-electron chi connectivity index (χ4n) is 3.23. The Hall–Kier alpha value is -3.89. The summed E-state index contributed by atoms with van der Waals surface area (Å²) in [7, 11) is 0. The summed E-state index contributed by atoms with van der Waals surface area (Å²) < 4.78 is 5.77. The molecule has 1 aromatic heterocycles. The molecular weight excluding hydrogens is 482 g/mol. The molecule has 0 radical (unpaired) electrons. The number of furan rings is 1. The van der Waals surface area contributed by atoms with Crippen LogP contribution in [0.1, 0.15) is 27.2 Å². The minimum Gasteiger partial charge on any atom is -0.478 e. The third-order valence-electron chi connectivity index (χ3n) is 5.09. The minimum atomic E-state index is -1.13. The lowest BCUT2D eigenvalue weighted by molar-refractivity contribution is -0.385. The van der Waals surface area contributed by atoms with Gasteiger partial charge in [0.1, 0.15) is 11.5 Å².